The fourth-order valence-corrected chi connectivity index (χ4v) is 3.75. The van der Waals surface area contributed by atoms with Crippen molar-refractivity contribution in [1.82, 2.24) is 0 Å². The average Bonchev–Trinajstić information content (AvgIpc) is 2.46. The maximum Gasteiger partial charge on any atom is 0.306 e. The second-order valence-corrected chi connectivity index (χ2v) is 7.51. The smallest absolute Gasteiger partial charge is 0.306 e. The number of nitrogens with one attached hydrogen (secondary N) is 1. The maximum atomic E-state index is 14.3. The van der Waals surface area contributed by atoms with Crippen LogP contribution < -0.4 is 4.72 Å². The molecule has 0 saturated heterocycles. The lowest BCUT2D eigenvalue weighted by Gasteiger charge is -2.11. The zero-order chi connectivity index (χ0) is 17.5. The Bertz CT molecular complexity index is 650. The van der Waals surface area contributed by atoms with Crippen LogP contribution in [0.2, 0.25) is 0 Å². The molecule has 0 saturated carbocycles. The Kier molecular flexibility index (Phi) is 7.77. The Hall–Kier alpha value is -1.35. The largest absolute Gasteiger partial charge is 0.466 e. The molecule has 0 heterocycles. The van der Waals surface area contributed by atoms with Gasteiger partial charge in [0.2, 0.25) is 10.0 Å². The number of hydrogen-bond acceptors (Lipinski definition) is 5. The van der Waals surface area contributed by atoms with Crippen LogP contribution in [-0.4, -0.2) is 32.5 Å². The lowest BCUT2D eigenvalue weighted by molar-refractivity contribution is -0.142. The number of carbonyl (C=O) groups is 1. The number of thioether (sulfide) groups is 1. The molecular weight excluding hydrogens is 348 g/mol. The Morgan fingerprint density at radius 2 is 2.00 bits per heavy atom. The summed E-state index contributed by atoms with van der Waals surface area (Å²) in [6.07, 6.45) is 0.377. The van der Waals surface area contributed by atoms with Crippen LogP contribution in [0.4, 0.5) is 14.5 Å². The summed E-state index contributed by atoms with van der Waals surface area (Å²) in [7, 11) is -3.67. The van der Waals surface area contributed by atoms with Crippen LogP contribution >= 0.6 is 11.8 Å². The molecule has 1 rings (SSSR count). The van der Waals surface area contributed by atoms with E-state index in [4.69, 9.17) is 4.74 Å². The third-order valence-electron chi connectivity index (χ3n) is 2.65. The van der Waals surface area contributed by atoms with Gasteiger partial charge in [-0.25, -0.2) is 17.2 Å². The number of rotatable bonds is 9. The van der Waals surface area contributed by atoms with Gasteiger partial charge in [0.15, 0.2) is 5.82 Å². The fraction of sp³-hybridized carbons (Fsp3) is 0.500. The lowest BCUT2D eigenvalue weighted by Crippen LogP contribution is -2.17. The summed E-state index contributed by atoms with van der Waals surface area (Å²) in [5.74, 6) is -2.29. The van der Waals surface area contributed by atoms with Gasteiger partial charge in [-0.1, -0.05) is 6.92 Å². The van der Waals surface area contributed by atoms with Gasteiger partial charge in [0, 0.05) is 5.75 Å². The summed E-state index contributed by atoms with van der Waals surface area (Å²) < 4.78 is 58.2. The number of carbonyl (C=O) groups excluding carboxylic acids is 1. The second kappa shape index (κ2) is 9.07. The fourth-order valence-electron chi connectivity index (χ4n) is 1.70. The van der Waals surface area contributed by atoms with Crippen molar-refractivity contribution in [2.45, 2.75) is 31.6 Å². The third-order valence-corrected chi connectivity index (χ3v) is 5.19. The summed E-state index contributed by atoms with van der Waals surface area (Å²) in [6.45, 7) is 3.58. The van der Waals surface area contributed by atoms with E-state index in [1.165, 1.54) is 0 Å². The van der Waals surface area contributed by atoms with Crippen molar-refractivity contribution in [2.75, 3.05) is 22.8 Å². The molecule has 0 amide bonds. The molecule has 0 aromatic heterocycles. The molecule has 1 aromatic carbocycles. The van der Waals surface area contributed by atoms with Gasteiger partial charge < -0.3 is 4.74 Å². The first kappa shape index (κ1) is 19.7. The lowest BCUT2D eigenvalue weighted by atomic mass is 10.3. The van der Waals surface area contributed by atoms with Crippen LogP contribution in [0.15, 0.2) is 17.0 Å². The molecule has 0 fully saturated rings. The third kappa shape index (κ3) is 6.34. The quantitative estimate of drug-likeness (QED) is 0.536. The summed E-state index contributed by atoms with van der Waals surface area (Å²) in [5.41, 5.74) is -0.307. The van der Waals surface area contributed by atoms with Gasteiger partial charge in [0.1, 0.15) is 5.82 Å². The number of ether oxygens (including phenoxy) is 1. The summed E-state index contributed by atoms with van der Waals surface area (Å²) in [5, 5.41) is 0. The van der Waals surface area contributed by atoms with Crippen molar-refractivity contribution in [1.29, 1.82) is 0 Å². The number of anilines is 1. The van der Waals surface area contributed by atoms with E-state index < -0.39 is 27.6 Å². The highest BCUT2D eigenvalue weighted by molar-refractivity contribution is 7.99. The molecule has 23 heavy (non-hydrogen) atoms. The molecule has 0 bridgehead atoms. The van der Waals surface area contributed by atoms with Gasteiger partial charge in [0.25, 0.3) is 0 Å². The molecule has 0 atom stereocenters. The van der Waals surface area contributed by atoms with Gasteiger partial charge in [-0.3, -0.25) is 9.52 Å². The van der Waals surface area contributed by atoms with E-state index in [0.29, 0.717) is 6.42 Å². The minimum atomic E-state index is -3.67. The highest BCUT2D eigenvalue weighted by Gasteiger charge is 2.18. The molecule has 130 valence electrons. The van der Waals surface area contributed by atoms with Crippen molar-refractivity contribution in [3.63, 3.8) is 0 Å². The normalized spacial score (nSPS) is 11.3. The van der Waals surface area contributed by atoms with Gasteiger partial charge in [-0.15, -0.1) is 11.8 Å². The second-order valence-electron chi connectivity index (χ2n) is 4.56. The summed E-state index contributed by atoms with van der Waals surface area (Å²) >= 11 is 0.796. The Balaban J connectivity index is 2.84. The molecular formula is C14H19F2NO4S2. The Labute approximate surface area is 138 Å². The van der Waals surface area contributed by atoms with E-state index in [1.54, 1.807) is 13.8 Å². The molecule has 1 aromatic rings. The predicted molar refractivity (Wildman–Crippen MR) is 86.0 cm³/mol. The van der Waals surface area contributed by atoms with E-state index in [2.05, 4.69) is 4.72 Å². The zero-order valence-corrected chi connectivity index (χ0v) is 14.5. The standard InChI is InChI=1S/C14H19F2NO4S2/c1-3-9-23(19,20)17-11-6-5-10(15)14(13(11)16)22-8-7-12(18)21-4-2/h5-6,17H,3-4,7-9H2,1-2H3. The van der Waals surface area contributed by atoms with Crippen LogP contribution in [0.5, 0.6) is 0 Å². The Morgan fingerprint density at radius 3 is 2.61 bits per heavy atom. The molecule has 0 aliphatic rings. The van der Waals surface area contributed by atoms with E-state index in [-0.39, 0.29) is 35.1 Å². The van der Waals surface area contributed by atoms with Crippen molar-refractivity contribution >= 4 is 33.4 Å². The van der Waals surface area contributed by atoms with E-state index in [9.17, 15) is 22.0 Å². The number of benzene rings is 1. The van der Waals surface area contributed by atoms with Gasteiger partial charge >= 0.3 is 5.97 Å². The molecule has 0 aliphatic carbocycles. The number of esters is 1. The van der Waals surface area contributed by atoms with E-state index in [1.807, 2.05) is 0 Å². The zero-order valence-electron chi connectivity index (χ0n) is 12.9. The van der Waals surface area contributed by atoms with Gasteiger partial charge in [0.05, 0.1) is 29.4 Å². The van der Waals surface area contributed by atoms with Crippen molar-refractivity contribution in [3.8, 4) is 0 Å². The van der Waals surface area contributed by atoms with Gasteiger partial charge in [-0.05, 0) is 25.5 Å². The number of sulfonamides is 1. The van der Waals surface area contributed by atoms with Crippen LogP contribution in [0.3, 0.4) is 0 Å². The number of hydrogen-bond donors (Lipinski definition) is 1. The van der Waals surface area contributed by atoms with Crippen molar-refractivity contribution in [3.05, 3.63) is 23.8 Å². The summed E-state index contributed by atoms with van der Waals surface area (Å²) in [6, 6.07) is 2.02. The Morgan fingerprint density at radius 1 is 1.30 bits per heavy atom. The van der Waals surface area contributed by atoms with Crippen LogP contribution in [0.25, 0.3) is 0 Å². The van der Waals surface area contributed by atoms with Crippen LogP contribution in [-0.2, 0) is 19.6 Å². The van der Waals surface area contributed by atoms with Crippen molar-refractivity contribution < 1.29 is 26.7 Å². The van der Waals surface area contributed by atoms with Crippen LogP contribution in [0, 0.1) is 11.6 Å². The predicted octanol–water partition coefficient (Wildman–Crippen LogP) is 3.16. The molecule has 1 N–H and O–H groups in total. The van der Waals surface area contributed by atoms with E-state index in [0.717, 1.165) is 23.9 Å². The average molecular weight is 367 g/mol. The highest BCUT2D eigenvalue weighted by Crippen LogP contribution is 2.31. The monoisotopic (exact) mass is 367 g/mol. The molecule has 9 heteroatoms. The molecule has 0 radical (unpaired) electrons. The maximum absolute atomic E-state index is 14.3. The van der Waals surface area contributed by atoms with Crippen LogP contribution in [0.1, 0.15) is 26.7 Å². The molecule has 0 unspecified atom stereocenters. The first-order valence-electron chi connectivity index (χ1n) is 7.07. The SMILES string of the molecule is CCCS(=O)(=O)Nc1ccc(F)c(SCCC(=O)OCC)c1F. The van der Waals surface area contributed by atoms with Crippen molar-refractivity contribution in [2.24, 2.45) is 0 Å². The summed E-state index contributed by atoms with van der Waals surface area (Å²) in [4.78, 5) is 10.9. The topological polar surface area (TPSA) is 72.5 Å². The highest BCUT2D eigenvalue weighted by atomic mass is 32.2. The first-order chi connectivity index (χ1) is 10.8. The molecule has 0 spiro atoms. The number of halogens is 2. The van der Waals surface area contributed by atoms with Gasteiger partial charge in [-0.2, -0.15) is 0 Å². The molecule has 5 nitrogen and oxygen atoms in total. The minimum Gasteiger partial charge on any atom is -0.466 e. The first-order valence-corrected chi connectivity index (χ1v) is 9.71. The van der Waals surface area contributed by atoms with E-state index >= 15 is 0 Å². The minimum absolute atomic E-state index is 0.00315. The molecule has 0 aliphatic heterocycles.